The van der Waals surface area contributed by atoms with E-state index >= 15 is 9.59 Å². The van der Waals surface area contributed by atoms with Crippen LogP contribution in [0.4, 0.5) is 4.79 Å². The summed E-state index contributed by atoms with van der Waals surface area (Å²) in [6.07, 6.45) is -10.2. The first-order valence-electron chi connectivity index (χ1n) is 25.1. The number of hydrogen-bond acceptors (Lipinski definition) is 16. The third kappa shape index (κ3) is 10.5. The van der Waals surface area contributed by atoms with Gasteiger partial charge in [0.2, 0.25) is 0 Å². The molecule has 75 heavy (non-hydrogen) atoms. The SMILES string of the molecule is C=CCOC(=O)O[C@H]1C[C@H]2OC[C@@]2(OC(C)=O)C2C(OC(=O)c3ccccc3)[C@]3(O)C[C@H](OC(=O)[C@H](O[Si](C)(C)C(C)(C)C)[C@@H](NC(=O)c4ccccc4)c4ccccc4)C(C)=C([C@@H](OC(C)=O)C(=O)[C@@]21C)C3(C)C. The number of aliphatic hydroxyl groups is 1. The Morgan fingerprint density at radius 1 is 0.853 bits per heavy atom. The van der Waals surface area contributed by atoms with Gasteiger partial charge in [-0.05, 0) is 73.0 Å². The summed E-state index contributed by atoms with van der Waals surface area (Å²) in [5, 5.41) is 16.8. The van der Waals surface area contributed by atoms with Gasteiger partial charge in [-0.1, -0.05) is 114 Å². The van der Waals surface area contributed by atoms with Crippen molar-refractivity contribution >= 4 is 50.0 Å². The fraction of sp³-hybridized carbons (Fsp3) is 0.491. The van der Waals surface area contributed by atoms with Gasteiger partial charge in [0.05, 0.1) is 29.5 Å². The topological polar surface area (TPSA) is 226 Å². The third-order valence-electron chi connectivity index (χ3n) is 16.2. The van der Waals surface area contributed by atoms with Gasteiger partial charge >= 0.3 is 30.0 Å². The summed E-state index contributed by atoms with van der Waals surface area (Å²) < 4.78 is 49.9. The van der Waals surface area contributed by atoms with Gasteiger partial charge in [-0.25, -0.2) is 14.4 Å². The van der Waals surface area contributed by atoms with Gasteiger partial charge in [0, 0.05) is 37.7 Å². The second kappa shape index (κ2) is 21.3. The summed E-state index contributed by atoms with van der Waals surface area (Å²) in [5.41, 5.74) is -7.16. The number of nitrogens with one attached hydrogen (secondary N) is 1. The van der Waals surface area contributed by atoms with Gasteiger partial charge in [0.15, 0.2) is 31.9 Å². The molecule has 2 bridgehead atoms. The van der Waals surface area contributed by atoms with Crippen LogP contribution in [0.5, 0.6) is 0 Å². The largest absolute Gasteiger partial charge is 0.508 e. The molecule has 1 saturated heterocycles. The maximum Gasteiger partial charge on any atom is 0.508 e. The lowest BCUT2D eigenvalue weighted by atomic mass is 9.44. The maximum absolute atomic E-state index is 16.3. The molecule has 1 amide bonds. The van der Waals surface area contributed by atoms with E-state index in [1.807, 2.05) is 33.9 Å². The molecule has 0 radical (unpaired) electrons. The molecule has 3 fully saturated rings. The molecule has 3 aromatic rings. The monoisotopic (exact) mass is 1050 g/mol. The quantitative estimate of drug-likeness (QED) is 0.0634. The predicted octanol–water partition coefficient (Wildman–Crippen LogP) is 8.11. The van der Waals surface area contributed by atoms with Gasteiger partial charge in [-0.3, -0.25) is 19.2 Å². The Kier molecular flexibility index (Phi) is 16.0. The van der Waals surface area contributed by atoms with Gasteiger partial charge in [0.1, 0.15) is 36.6 Å². The average molecular weight is 1050 g/mol. The van der Waals surface area contributed by atoms with E-state index in [1.54, 1.807) is 99.6 Å². The van der Waals surface area contributed by atoms with E-state index in [9.17, 15) is 29.1 Å². The minimum Gasteiger partial charge on any atom is -0.456 e. The number of amides is 1. The minimum atomic E-state index is -2.97. The maximum atomic E-state index is 16.3. The number of Topliss-reactive ketones (excluding diaryl/α,β-unsaturated/α-hetero) is 1. The first-order chi connectivity index (χ1) is 35.1. The van der Waals surface area contributed by atoms with Crippen LogP contribution in [0, 0.1) is 16.7 Å². The summed E-state index contributed by atoms with van der Waals surface area (Å²) in [6.45, 7) is 21.2. The van der Waals surface area contributed by atoms with Gasteiger partial charge < -0.3 is 48.0 Å². The first kappa shape index (κ1) is 56.3. The Morgan fingerprint density at radius 2 is 1.44 bits per heavy atom. The van der Waals surface area contributed by atoms with Crippen LogP contribution in [-0.4, -0.2) is 116 Å². The van der Waals surface area contributed by atoms with E-state index in [2.05, 4.69) is 11.9 Å². The van der Waals surface area contributed by atoms with Crippen molar-refractivity contribution in [3.8, 4) is 0 Å². The van der Waals surface area contributed by atoms with Crippen molar-refractivity contribution in [2.24, 2.45) is 16.7 Å². The molecule has 2 unspecified atom stereocenters. The normalized spacial score (nSPS) is 28.7. The van der Waals surface area contributed by atoms with E-state index in [4.69, 9.17) is 37.6 Å². The second-order valence-corrected chi connectivity index (χ2v) is 26.9. The Bertz CT molecular complexity index is 2720. The Balaban J connectivity index is 1.47. The lowest BCUT2D eigenvalue weighted by molar-refractivity contribution is -0.346. The van der Waals surface area contributed by atoms with Crippen molar-refractivity contribution in [2.45, 2.75) is 147 Å². The van der Waals surface area contributed by atoms with Crippen LogP contribution in [0.3, 0.4) is 0 Å². The minimum absolute atomic E-state index is 0.00459. The summed E-state index contributed by atoms with van der Waals surface area (Å²) in [7, 11) is -2.97. The Labute approximate surface area is 438 Å². The fourth-order valence-corrected chi connectivity index (χ4v) is 12.4. The summed E-state index contributed by atoms with van der Waals surface area (Å²) >= 11 is 0. The molecule has 2 N–H and O–H groups in total. The average Bonchev–Trinajstić information content (AvgIpc) is 3.35. The van der Waals surface area contributed by atoms with Crippen molar-refractivity contribution in [1.29, 1.82) is 0 Å². The zero-order chi connectivity index (χ0) is 55.1. The number of fused-ring (bicyclic) bond motifs is 5. The van der Waals surface area contributed by atoms with E-state index < -0.39 is 132 Å². The number of ether oxygens (including phenoxy) is 7. The summed E-state index contributed by atoms with van der Waals surface area (Å²) in [6, 6.07) is 24.0. The number of carbonyl (C=O) groups excluding carboxylic acids is 7. The molecule has 7 rings (SSSR count). The molecule has 1 aliphatic heterocycles. The Hall–Kier alpha value is -6.47. The standard InChI is InChI=1S/C57H69NO16Si/c1-13-29-67-52(65)71-40-30-41-56(32-68-41,73-35(4)60)46-48(72-50(63)38-27-21-16-22-28-38)57(66)31-39(33(2)42(54(57,8)9)44(69-34(3)59)47(61)55(40,46)10)70-51(64)45(74-75(11,12)53(5,6)7)43(36-23-17-14-18-24-36)58-49(62)37-25-19-15-20-26-37/h13-28,39-41,43-46,48,66H,1,29-32H2,2-12H3,(H,58,62)/t39-,40-,41+,43-,44+,45+,46?,48?,55+,56-,57+/m0/s1. The molecule has 1 heterocycles. The number of hydrogen-bond donors (Lipinski definition) is 2. The van der Waals surface area contributed by atoms with Crippen LogP contribution in [0.25, 0.3) is 0 Å². The van der Waals surface area contributed by atoms with Crippen LogP contribution in [-0.2, 0) is 56.8 Å². The highest BCUT2D eigenvalue weighted by atomic mass is 28.4. The molecule has 18 heteroatoms. The third-order valence-corrected chi connectivity index (χ3v) is 20.7. The van der Waals surface area contributed by atoms with Crippen molar-refractivity contribution in [2.75, 3.05) is 13.2 Å². The highest BCUT2D eigenvalue weighted by Crippen LogP contribution is 2.65. The summed E-state index contributed by atoms with van der Waals surface area (Å²) in [5.74, 6) is -6.69. The number of carbonyl (C=O) groups is 7. The molecular weight excluding hydrogens is 983 g/mol. The molecule has 402 valence electrons. The lowest BCUT2D eigenvalue weighted by Gasteiger charge is -2.67. The van der Waals surface area contributed by atoms with Crippen molar-refractivity contribution in [3.05, 3.63) is 131 Å². The highest BCUT2D eigenvalue weighted by Gasteiger charge is 2.79. The first-order valence-corrected chi connectivity index (χ1v) is 28.0. The zero-order valence-corrected chi connectivity index (χ0v) is 45.5. The van der Waals surface area contributed by atoms with Crippen molar-refractivity contribution in [1.82, 2.24) is 5.32 Å². The van der Waals surface area contributed by atoms with Crippen molar-refractivity contribution < 1.29 is 76.3 Å². The summed E-state index contributed by atoms with van der Waals surface area (Å²) in [4.78, 5) is 101. The van der Waals surface area contributed by atoms with Crippen LogP contribution >= 0.6 is 0 Å². The van der Waals surface area contributed by atoms with E-state index in [1.165, 1.54) is 25.1 Å². The van der Waals surface area contributed by atoms with Crippen molar-refractivity contribution in [3.63, 3.8) is 0 Å². The van der Waals surface area contributed by atoms with Crippen LogP contribution < -0.4 is 5.32 Å². The van der Waals surface area contributed by atoms with Crippen LogP contribution in [0.2, 0.25) is 18.1 Å². The van der Waals surface area contributed by atoms with E-state index in [0.29, 0.717) is 11.1 Å². The lowest BCUT2D eigenvalue weighted by Crippen LogP contribution is -2.82. The van der Waals surface area contributed by atoms with Gasteiger partial charge in [0.25, 0.3) is 5.91 Å². The molecule has 2 saturated carbocycles. The van der Waals surface area contributed by atoms with Crippen LogP contribution in [0.1, 0.15) is 107 Å². The number of esters is 4. The predicted molar refractivity (Wildman–Crippen MR) is 274 cm³/mol. The van der Waals surface area contributed by atoms with Gasteiger partial charge in [-0.15, -0.1) is 0 Å². The number of rotatable bonds is 15. The van der Waals surface area contributed by atoms with E-state index in [-0.39, 0.29) is 36.3 Å². The molecule has 3 aromatic carbocycles. The van der Waals surface area contributed by atoms with Gasteiger partial charge in [-0.2, -0.15) is 0 Å². The molecule has 11 atom stereocenters. The molecule has 17 nitrogen and oxygen atoms in total. The molecule has 0 aromatic heterocycles. The zero-order valence-electron chi connectivity index (χ0n) is 44.5. The molecule has 3 aliphatic carbocycles. The molecule has 4 aliphatic rings. The fourth-order valence-electron chi connectivity index (χ4n) is 11.2. The smallest absolute Gasteiger partial charge is 0.456 e. The second-order valence-electron chi connectivity index (χ2n) is 22.1. The molecular formula is C57H69NO16Si. The number of benzene rings is 3. The highest BCUT2D eigenvalue weighted by molar-refractivity contribution is 6.74. The van der Waals surface area contributed by atoms with Crippen LogP contribution in [0.15, 0.2) is 115 Å². The molecule has 0 spiro atoms. The number of ketones is 1. The van der Waals surface area contributed by atoms with E-state index in [0.717, 1.165) is 13.8 Å². The Morgan fingerprint density at radius 3 is 1.97 bits per heavy atom.